The van der Waals surface area contributed by atoms with E-state index in [0.717, 1.165) is 43.5 Å². The highest BCUT2D eigenvalue weighted by atomic mass is 16.1. The molecule has 0 radical (unpaired) electrons. The minimum Gasteiger partial charge on any atom is -0.316 e. The SMILES string of the molecule is O=c1[nH]c2ccccc2n1CCCNCCc1ccccc1. The van der Waals surface area contributed by atoms with Gasteiger partial charge in [-0.1, -0.05) is 42.5 Å². The molecule has 1 aromatic heterocycles. The van der Waals surface area contributed by atoms with E-state index in [4.69, 9.17) is 0 Å². The summed E-state index contributed by atoms with van der Waals surface area (Å²) in [4.78, 5) is 14.8. The smallest absolute Gasteiger partial charge is 0.316 e. The van der Waals surface area contributed by atoms with E-state index in [1.165, 1.54) is 5.56 Å². The van der Waals surface area contributed by atoms with E-state index >= 15 is 0 Å². The average Bonchev–Trinajstić information content (AvgIpc) is 2.87. The highest BCUT2D eigenvalue weighted by molar-refractivity contribution is 5.74. The van der Waals surface area contributed by atoms with Gasteiger partial charge in [0.05, 0.1) is 11.0 Å². The van der Waals surface area contributed by atoms with E-state index in [2.05, 4.69) is 34.6 Å². The molecule has 0 aliphatic rings. The number of rotatable bonds is 7. The van der Waals surface area contributed by atoms with Gasteiger partial charge in [0.15, 0.2) is 0 Å². The molecule has 22 heavy (non-hydrogen) atoms. The van der Waals surface area contributed by atoms with Crippen molar-refractivity contribution in [3.8, 4) is 0 Å². The molecule has 2 aromatic carbocycles. The second-order valence-corrected chi connectivity index (χ2v) is 5.44. The fraction of sp³-hybridized carbons (Fsp3) is 0.278. The lowest BCUT2D eigenvalue weighted by Crippen LogP contribution is -2.22. The van der Waals surface area contributed by atoms with Gasteiger partial charge in [0.1, 0.15) is 0 Å². The second kappa shape index (κ2) is 7.09. The predicted octanol–water partition coefficient (Wildman–Crippen LogP) is 2.55. The molecule has 114 valence electrons. The molecule has 3 rings (SSSR count). The molecule has 0 fully saturated rings. The first-order valence-corrected chi connectivity index (χ1v) is 7.77. The van der Waals surface area contributed by atoms with Crippen LogP contribution in [0.5, 0.6) is 0 Å². The fourth-order valence-corrected chi connectivity index (χ4v) is 2.69. The number of hydrogen-bond acceptors (Lipinski definition) is 2. The molecule has 0 spiro atoms. The zero-order chi connectivity index (χ0) is 15.2. The number of aryl methyl sites for hydroxylation is 1. The molecular formula is C18H21N3O. The molecule has 3 aromatic rings. The third-order valence-electron chi connectivity index (χ3n) is 3.85. The molecule has 0 amide bonds. The van der Waals surface area contributed by atoms with Gasteiger partial charge < -0.3 is 10.3 Å². The Bertz CT molecular complexity index is 774. The number of H-pyrrole nitrogens is 1. The molecule has 0 unspecified atom stereocenters. The summed E-state index contributed by atoms with van der Waals surface area (Å²) >= 11 is 0. The first kappa shape index (κ1) is 14.6. The lowest BCUT2D eigenvalue weighted by Gasteiger charge is -2.06. The summed E-state index contributed by atoms with van der Waals surface area (Å²) in [6, 6.07) is 18.3. The normalized spacial score (nSPS) is 11.1. The van der Waals surface area contributed by atoms with Crippen LogP contribution in [-0.2, 0) is 13.0 Å². The average molecular weight is 295 g/mol. The molecule has 0 aliphatic heterocycles. The number of fused-ring (bicyclic) bond motifs is 1. The van der Waals surface area contributed by atoms with Crippen molar-refractivity contribution in [1.82, 2.24) is 14.9 Å². The van der Waals surface area contributed by atoms with E-state index in [-0.39, 0.29) is 5.69 Å². The molecule has 2 N–H and O–H groups in total. The Balaban J connectivity index is 1.45. The molecule has 4 nitrogen and oxygen atoms in total. The van der Waals surface area contributed by atoms with Gasteiger partial charge in [-0.05, 0) is 43.6 Å². The van der Waals surface area contributed by atoms with Crippen molar-refractivity contribution < 1.29 is 0 Å². The number of aromatic nitrogens is 2. The molecule has 1 heterocycles. The minimum absolute atomic E-state index is 0.0227. The Morgan fingerprint density at radius 3 is 2.59 bits per heavy atom. The molecule has 0 atom stereocenters. The molecular weight excluding hydrogens is 274 g/mol. The van der Waals surface area contributed by atoms with Crippen LogP contribution in [0.4, 0.5) is 0 Å². The Kier molecular flexibility index (Phi) is 4.71. The van der Waals surface area contributed by atoms with Crippen molar-refractivity contribution in [2.24, 2.45) is 0 Å². The molecule has 0 saturated carbocycles. The zero-order valence-corrected chi connectivity index (χ0v) is 12.6. The Hall–Kier alpha value is -2.33. The maximum Gasteiger partial charge on any atom is 0.326 e. The van der Waals surface area contributed by atoms with Gasteiger partial charge in [-0.25, -0.2) is 4.79 Å². The van der Waals surface area contributed by atoms with Crippen LogP contribution in [0.1, 0.15) is 12.0 Å². The summed E-state index contributed by atoms with van der Waals surface area (Å²) in [6.45, 7) is 2.62. The van der Waals surface area contributed by atoms with Crippen molar-refractivity contribution in [1.29, 1.82) is 0 Å². The highest BCUT2D eigenvalue weighted by Gasteiger charge is 2.04. The van der Waals surface area contributed by atoms with Gasteiger partial charge in [0.25, 0.3) is 0 Å². The van der Waals surface area contributed by atoms with Gasteiger partial charge in [0.2, 0.25) is 0 Å². The maximum atomic E-state index is 11.9. The first-order chi connectivity index (χ1) is 10.8. The number of hydrogen-bond donors (Lipinski definition) is 2. The Morgan fingerprint density at radius 2 is 1.73 bits per heavy atom. The third-order valence-corrected chi connectivity index (χ3v) is 3.85. The summed E-state index contributed by atoms with van der Waals surface area (Å²) in [6.07, 6.45) is 1.98. The van der Waals surface area contributed by atoms with Crippen LogP contribution in [0.15, 0.2) is 59.4 Å². The number of para-hydroxylation sites is 2. The third kappa shape index (κ3) is 3.46. The number of aromatic amines is 1. The van der Waals surface area contributed by atoms with Gasteiger partial charge in [-0.15, -0.1) is 0 Å². The van der Waals surface area contributed by atoms with Crippen molar-refractivity contribution in [3.05, 3.63) is 70.6 Å². The van der Waals surface area contributed by atoms with Crippen LogP contribution in [0, 0.1) is 0 Å². The van der Waals surface area contributed by atoms with E-state index < -0.39 is 0 Å². The van der Waals surface area contributed by atoms with E-state index in [9.17, 15) is 4.79 Å². The standard InChI is InChI=1S/C18H21N3O/c22-18-20-16-9-4-5-10-17(16)21(18)14-6-12-19-13-11-15-7-2-1-3-8-15/h1-5,7-10,19H,6,11-14H2,(H,20,22). The van der Waals surface area contributed by atoms with E-state index in [1.54, 1.807) is 0 Å². The molecule has 0 aliphatic carbocycles. The van der Waals surface area contributed by atoms with Crippen molar-refractivity contribution >= 4 is 11.0 Å². The zero-order valence-electron chi connectivity index (χ0n) is 12.6. The van der Waals surface area contributed by atoms with Crippen LogP contribution in [0.2, 0.25) is 0 Å². The monoisotopic (exact) mass is 295 g/mol. The fourth-order valence-electron chi connectivity index (χ4n) is 2.69. The lowest BCUT2D eigenvalue weighted by atomic mass is 10.1. The Labute approximate surface area is 129 Å². The number of nitrogens with one attached hydrogen (secondary N) is 2. The lowest BCUT2D eigenvalue weighted by molar-refractivity contribution is 0.581. The summed E-state index contributed by atoms with van der Waals surface area (Å²) in [5, 5.41) is 3.44. The van der Waals surface area contributed by atoms with Crippen molar-refractivity contribution in [3.63, 3.8) is 0 Å². The molecule has 0 bridgehead atoms. The summed E-state index contributed by atoms with van der Waals surface area (Å²) in [5.74, 6) is 0. The first-order valence-electron chi connectivity index (χ1n) is 7.77. The van der Waals surface area contributed by atoms with Crippen LogP contribution in [0.25, 0.3) is 11.0 Å². The van der Waals surface area contributed by atoms with Gasteiger partial charge in [-0.3, -0.25) is 4.57 Å². The summed E-state index contributed by atoms with van der Waals surface area (Å²) in [5.41, 5.74) is 3.22. The number of imidazole rings is 1. The van der Waals surface area contributed by atoms with Crippen LogP contribution >= 0.6 is 0 Å². The topological polar surface area (TPSA) is 49.8 Å². The predicted molar refractivity (Wildman–Crippen MR) is 90.2 cm³/mol. The largest absolute Gasteiger partial charge is 0.326 e. The van der Waals surface area contributed by atoms with Gasteiger partial charge in [0, 0.05) is 6.54 Å². The highest BCUT2D eigenvalue weighted by Crippen LogP contribution is 2.09. The van der Waals surface area contributed by atoms with Gasteiger partial charge in [-0.2, -0.15) is 0 Å². The van der Waals surface area contributed by atoms with Crippen molar-refractivity contribution in [2.45, 2.75) is 19.4 Å². The number of nitrogens with zero attached hydrogens (tertiary/aromatic N) is 1. The minimum atomic E-state index is -0.0227. The Morgan fingerprint density at radius 1 is 0.955 bits per heavy atom. The maximum absolute atomic E-state index is 11.9. The van der Waals surface area contributed by atoms with Crippen LogP contribution in [-0.4, -0.2) is 22.6 Å². The number of benzene rings is 2. The van der Waals surface area contributed by atoms with E-state index in [1.807, 2.05) is 34.9 Å². The van der Waals surface area contributed by atoms with Crippen molar-refractivity contribution in [2.75, 3.05) is 13.1 Å². The second-order valence-electron chi connectivity index (χ2n) is 5.44. The van der Waals surface area contributed by atoms with E-state index in [0.29, 0.717) is 0 Å². The summed E-state index contributed by atoms with van der Waals surface area (Å²) in [7, 11) is 0. The molecule has 0 saturated heterocycles. The molecule has 4 heteroatoms. The summed E-state index contributed by atoms with van der Waals surface area (Å²) < 4.78 is 1.81. The van der Waals surface area contributed by atoms with Crippen LogP contribution in [0.3, 0.4) is 0 Å². The van der Waals surface area contributed by atoms with Gasteiger partial charge >= 0.3 is 5.69 Å². The quantitative estimate of drug-likeness (QED) is 0.658. The van der Waals surface area contributed by atoms with Crippen LogP contribution < -0.4 is 11.0 Å².